The van der Waals surface area contributed by atoms with Crippen LogP contribution in [0.2, 0.25) is 0 Å². The summed E-state index contributed by atoms with van der Waals surface area (Å²) in [6.07, 6.45) is 2.55. The lowest BCUT2D eigenvalue weighted by Crippen LogP contribution is -2.53. The number of likely N-dealkylation sites (tertiary alicyclic amines) is 1. The van der Waals surface area contributed by atoms with Crippen LogP contribution in [0, 0.1) is 17.5 Å². The van der Waals surface area contributed by atoms with E-state index in [4.69, 9.17) is 0 Å². The highest BCUT2D eigenvalue weighted by Gasteiger charge is 2.38. The lowest BCUT2D eigenvalue weighted by atomic mass is 9.89. The number of nitrogens with zero attached hydrogens (tertiary/aromatic N) is 2. The van der Waals surface area contributed by atoms with Crippen molar-refractivity contribution in [2.45, 2.75) is 52.0 Å². The Kier molecular flexibility index (Phi) is 9.66. The first-order chi connectivity index (χ1) is 20.0. The Morgan fingerprint density at radius 2 is 1.67 bits per heavy atom. The minimum absolute atomic E-state index is 0.0172. The predicted molar refractivity (Wildman–Crippen MR) is 150 cm³/mol. The van der Waals surface area contributed by atoms with E-state index in [9.17, 15) is 32.3 Å². The van der Waals surface area contributed by atoms with E-state index in [2.05, 4.69) is 26.9 Å². The van der Waals surface area contributed by atoms with Crippen LogP contribution in [0.1, 0.15) is 63.1 Å². The van der Waals surface area contributed by atoms with E-state index < -0.39 is 41.3 Å². The number of carbonyl (C=O) groups is 4. The fraction of sp³-hybridized carbons (Fsp3) is 0.400. The third-order valence-electron chi connectivity index (χ3n) is 7.60. The number of piperidine rings is 1. The van der Waals surface area contributed by atoms with Crippen molar-refractivity contribution < 1.29 is 32.3 Å². The lowest BCUT2D eigenvalue weighted by molar-refractivity contribution is -0.115. The number of allylic oxidation sites excluding steroid dienone is 1. The normalized spacial score (nSPS) is 18.1. The van der Waals surface area contributed by atoms with Crippen LogP contribution in [0.25, 0.3) is 0 Å². The van der Waals surface area contributed by atoms with Crippen molar-refractivity contribution in [1.82, 2.24) is 20.4 Å². The maximum atomic E-state index is 13.9. The fourth-order valence-electron chi connectivity index (χ4n) is 5.58. The molecule has 1 fully saturated rings. The van der Waals surface area contributed by atoms with Crippen LogP contribution in [0.3, 0.4) is 0 Å². The molecule has 0 radical (unpaired) electrons. The largest absolute Gasteiger partial charge is 0.337 e. The van der Waals surface area contributed by atoms with Gasteiger partial charge in [0.15, 0.2) is 23.2 Å². The second kappa shape index (κ2) is 13.2. The Hall–Kier alpha value is -4.19. The molecule has 4 rings (SSSR count). The van der Waals surface area contributed by atoms with E-state index in [0.717, 1.165) is 43.1 Å². The van der Waals surface area contributed by atoms with Gasteiger partial charge in [0.05, 0.1) is 6.04 Å². The van der Waals surface area contributed by atoms with Crippen LogP contribution in [0.4, 0.5) is 28.4 Å². The van der Waals surface area contributed by atoms with E-state index >= 15 is 0 Å². The zero-order chi connectivity index (χ0) is 30.6. The molecule has 0 bridgehead atoms. The van der Waals surface area contributed by atoms with Crippen LogP contribution in [-0.4, -0.2) is 59.7 Å². The van der Waals surface area contributed by atoms with Gasteiger partial charge in [0, 0.05) is 30.4 Å². The number of amides is 5. The van der Waals surface area contributed by atoms with Gasteiger partial charge in [-0.3, -0.25) is 9.59 Å². The average molecular weight is 586 g/mol. The third-order valence-corrected chi connectivity index (χ3v) is 7.60. The number of imide groups is 1. The van der Waals surface area contributed by atoms with E-state index in [0.29, 0.717) is 24.5 Å². The summed E-state index contributed by atoms with van der Waals surface area (Å²) in [7, 11) is 0. The zero-order valence-corrected chi connectivity index (χ0v) is 23.7. The molecule has 1 saturated heterocycles. The van der Waals surface area contributed by atoms with Gasteiger partial charge in [-0.15, -0.1) is 0 Å². The molecular formula is C30H34F3N5O4. The number of hydrogen-bond donors (Lipinski definition) is 3. The summed E-state index contributed by atoms with van der Waals surface area (Å²) in [6.45, 7) is 6.87. The molecule has 2 aromatic rings. The number of ketones is 1. The summed E-state index contributed by atoms with van der Waals surface area (Å²) in [5.41, 5.74) is 1.80. The first kappa shape index (κ1) is 30.8. The molecule has 0 aliphatic carbocycles. The Morgan fingerprint density at radius 1 is 1.00 bits per heavy atom. The van der Waals surface area contributed by atoms with Crippen molar-refractivity contribution in [3.05, 3.63) is 76.2 Å². The molecule has 0 aromatic heterocycles. The topological polar surface area (TPSA) is 111 Å². The Bertz CT molecular complexity index is 1400. The quantitative estimate of drug-likeness (QED) is 0.299. The number of rotatable bonds is 8. The second-order valence-corrected chi connectivity index (χ2v) is 10.6. The number of anilines is 1. The fourth-order valence-corrected chi connectivity index (χ4v) is 5.58. The van der Waals surface area contributed by atoms with Gasteiger partial charge >= 0.3 is 12.1 Å². The molecule has 12 heteroatoms. The summed E-state index contributed by atoms with van der Waals surface area (Å²) in [4.78, 5) is 52.7. The van der Waals surface area contributed by atoms with E-state index in [1.807, 2.05) is 18.2 Å². The van der Waals surface area contributed by atoms with Gasteiger partial charge in [0.1, 0.15) is 0 Å². The van der Waals surface area contributed by atoms with Gasteiger partial charge < -0.3 is 20.9 Å². The first-order valence-electron chi connectivity index (χ1n) is 13.8. The van der Waals surface area contributed by atoms with Gasteiger partial charge in [0.25, 0.3) is 0 Å². The minimum Gasteiger partial charge on any atom is -0.337 e. The van der Waals surface area contributed by atoms with Gasteiger partial charge in [-0.25, -0.2) is 27.7 Å². The van der Waals surface area contributed by atoms with Crippen molar-refractivity contribution in [2.24, 2.45) is 0 Å². The molecule has 5 amide bonds. The molecule has 9 nitrogen and oxygen atoms in total. The molecule has 2 heterocycles. The molecule has 2 aliphatic heterocycles. The van der Waals surface area contributed by atoms with E-state index in [-0.39, 0.29) is 29.3 Å². The van der Waals surface area contributed by atoms with E-state index in [1.54, 1.807) is 0 Å². The van der Waals surface area contributed by atoms with Crippen molar-refractivity contribution in [2.75, 3.05) is 31.5 Å². The van der Waals surface area contributed by atoms with Crippen LogP contribution in [0.5, 0.6) is 0 Å². The lowest BCUT2D eigenvalue weighted by Gasteiger charge is -2.34. The van der Waals surface area contributed by atoms with Crippen molar-refractivity contribution in [3.8, 4) is 0 Å². The highest BCUT2D eigenvalue weighted by atomic mass is 19.2. The standard InChI is InChI=1S/C30H34F3N5O4/c1-17-26(18(2)39)28(22-15-24(31)27(33)25(32)16-22)36-30(42)38(17)29(41)34-10-5-11-37-12-8-20(9-13-37)21-6-4-7-23(14-21)35-19(3)40/h4,6-7,14-16,20,28H,5,8-13H2,1-3H3,(H,34,41)(H,35,40)(H,36,42). The van der Waals surface area contributed by atoms with Crippen molar-refractivity contribution in [1.29, 1.82) is 0 Å². The van der Waals surface area contributed by atoms with Crippen LogP contribution in [0.15, 0.2) is 47.7 Å². The Morgan fingerprint density at radius 3 is 2.29 bits per heavy atom. The predicted octanol–water partition coefficient (Wildman–Crippen LogP) is 4.97. The average Bonchev–Trinajstić information content (AvgIpc) is 2.93. The summed E-state index contributed by atoms with van der Waals surface area (Å²) in [5, 5.41) is 7.95. The summed E-state index contributed by atoms with van der Waals surface area (Å²) in [5.74, 6) is -4.82. The maximum Gasteiger partial charge on any atom is 0.330 e. The molecule has 0 spiro atoms. The van der Waals surface area contributed by atoms with Gasteiger partial charge in [0.2, 0.25) is 5.91 Å². The minimum atomic E-state index is -1.66. The number of nitrogens with one attached hydrogen (secondary N) is 3. The smallest absolute Gasteiger partial charge is 0.330 e. The summed E-state index contributed by atoms with van der Waals surface area (Å²) < 4.78 is 41.2. The van der Waals surface area contributed by atoms with E-state index in [1.165, 1.54) is 26.3 Å². The van der Waals surface area contributed by atoms with Crippen LogP contribution >= 0.6 is 0 Å². The number of hydrogen-bond acceptors (Lipinski definition) is 5. The third kappa shape index (κ3) is 6.99. The molecule has 3 N–H and O–H groups in total. The Balaban J connectivity index is 1.31. The first-order valence-corrected chi connectivity index (χ1v) is 13.8. The number of benzene rings is 2. The highest BCUT2D eigenvalue weighted by Crippen LogP contribution is 2.33. The van der Waals surface area contributed by atoms with Gasteiger partial charge in [-0.1, -0.05) is 12.1 Å². The molecule has 1 unspecified atom stereocenters. The number of Topliss-reactive ketones (excluding diaryl/α,β-unsaturated/α-hetero) is 1. The number of halogens is 3. The molecule has 42 heavy (non-hydrogen) atoms. The monoisotopic (exact) mass is 585 g/mol. The van der Waals surface area contributed by atoms with Crippen molar-refractivity contribution in [3.63, 3.8) is 0 Å². The van der Waals surface area contributed by atoms with Crippen LogP contribution < -0.4 is 16.0 Å². The number of urea groups is 2. The highest BCUT2D eigenvalue weighted by molar-refractivity contribution is 6.03. The molecule has 224 valence electrons. The Labute approximate surface area is 242 Å². The molecular weight excluding hydrogens is 551 g/mol. The molecule has 1 atom stereocenters. The maximum absolute atomic E-state index is 13.9. The second-order valence-electron chi connectivity index (χ2n) is 10.6. The molecule has 0 saturated carbocycles. The molecule has 2 aliphatic rings. The van der Waals surface area contributed by atoms with Gasteiger partial charge in [-0.2, -0.15) is 0 Å². The zero-order valence-electron chi connectivity index (χ0n) is 23.7. The SMILES string of the molecule is CC(=O)Nc1cccc(C2CCN(CCCNC(=O)N3C(=O)NC(c4cc(F)c(F)c(F)c4)C(C(C)=O)=C3C)CC2)c1. The molecule has 2 aromatic carbocycles. The van der Waals surface area contributed by atoms with Crippen LogP contribution in [-0.2, 0) is 9.59 Å². The van der Waals surface area contributed by atoms with Gasteiger partial charge in [-0.05, 0) is 94.1 Å². The number of carbonyl (C=O) groups excluding carboxylic acids is 4. The summed E-state index contributed by atoms with van der Waals surface area (Å²) >= 11 is 0. The summed E-state index contributed by atoms with van der Waals surface area (Å²) in [6, 6.07) is 6.45. The van der Waals surface area contributed by atoms with Crippen molar-refractivity contribution >= 4 is 29.4 Å².